The number of fused-ring (bicyclic) bond motifs is 1. The van der Waals surface area contributed by atoms with Crippen LogP contribution >= 0.6 is 11.6 Å². The molecule has 0 atom stereocenters. The molecular weight excluding hydrogens is 290 g/mol. The fourth-order valence-electron chi connectivity index (χ4n) is 2.08. The van der Waals surface area contributed by atoms with Gasteiger partial charge in [0.25, 0.3) is 0 Å². The van der Waals surface area contributed by atoms with Gasteiger partial charge in [-0.15, -0.1) is 0 Å². The topological polar surface area (TPSA) is 52.3 Å². The van der Waals surface area contributed by atoms with E-state index in [0.717, 1.165) is 0 Å². The van der Waals surface area contributed by atoms with Gasteiger partial charge in [-0.3, -0.25) is 0 Å². The molecule has 0 radical (unpaired) electrons. The second kappa shape index (κ2) is 5.58. The maximum absolute atomic E-state index is 12.1. The Morgan fingerprint density at radius 1 is 1.24 bits per heavy atom. The second-order valence-electron chi connectivity index (χ2n) is 4.40. The molecule has 0 amide bonds. The minimum absolute atomic E-state index is 0.235. The van der Waals surface area contributed by atoms with Gasteiger partial charge < -0.3 is 9.15 Å². The quantitative estimate of drug-likeness (QED) is 0.736. The molecule has 5 heteroatoms. The summed E-state index contributed by atoms with van der Waals surface area (Å²) < 4.78 is 10.9. The Labute approximate surface area is 126 Å². The zero-order chi connectivity index (χ0) is 14.8. The summed E-state index contributed by atoms with van der Waals surface area (Å²) in [5.41, 5.74) is 0.717. The molecule has 2 aromatic carbocycles. The van der Waals surface area contributed by atoms with Crippen molar-refractivity contribution in [1.29, 1.82) is 0 Å². The predicted octanol–water partition coefficient (Wildman–Crippen LogP) is 3.91. The van der Waals surface area contributed by atoms with Gasteiger partial charge in [-0.1, -0.05) is 23.7 Å². The summed E-state index contributed by atoms with van der Waals surface area (Å²) >= 11 is 5.89. The highest BCUT2D eigenvalue weighted by Crippen LogP contribution is 2.29. The molecule has 0 saturated carbocycles. The molecule has 3 rings (SSSR count). The first kappa shape index (κ1) is 13.6. The molecule has 0 aliphatic carbocycles. The molecule has 1 heterocycles. The Kier molecular flexibility index (Phi) is 3.62. The van der Waals surface area contributed by atoms with Crippen LogP contribution < -0.4 is 10.4 Å². The minimum Gasteiger partial charge on any atom is -0.493 e. The van der Waals surface area contributed by atoms with Gasteiger partial charge in [0, 0.05) is 5.02 Å². The van der Waals surface area contributed by atoms with Crippen LogP contribution in [0.25, 0.3) is 22.4 Å². The van der Waals surface area contributed by atoms with Crippen molar-refractivity contribution in [2.45, 2.75) is 6.92 Å². The van der Waals surface area contributed by atoms with Crippen LogP contribution in [0.15, 0.2) is 51.7 Å². The fourth-order valence-corrected chi connectivity index (χ4v) is 2.26. The molecule has 4 nitrogen and oxygen atoms in total. The molecule has 0 aliphatic rings. The average molecular weight is 302 g/mol. The third-order valence-electron chi connectivity index (χ3n) is 3.01. The highest BCUT2D eigenvalue weighted by molar-refractivity contribution is 6.31. The van der Waals surface area contributed by atoms with E-state index in [1.54, 1.807) is 24.3 Å². The first-order chi connectivity index (χ1) is 10.2. The fraction of sp³-hybridized carbons (Fsp3) is 0.125. The van der Waals surface area contributed by atoms with E-state index in [1.807, 2.05) is 25.1 Å². The monoisotopic (exact) mass is 301 g/mol. The SMILES string of the molecule is CCOc1ccccc1-c1nc2ccc(Cl)cc2c(=O)o1. The first-order valence-electron chi connectivity index (χ1n) is 6.51. The standard InChI is InChI=1S/C16H12ClNO3/c1-2-20-14-6-4-3-5-11(14)15-18-13-8-7-10(17)9-12(13)16(19)21-15/h3-9H,2H2,1H3. The van der Waals surface area contributed by atoms with Gasteiger partial charge in [0.2, 0.25) is 5.89 Å². The van der Waals surface area contributed by atoms with E-state index in [0.29, 0.717) is 33.8 Å². The van der Waals surface area contributed by atoms with Crippen LogP contribution in [0.4, 0.5) is 0 Å². The number of hydrogen-bond acceptors (Lipinski definition) is 4. The van der Waals surface area contributed by atoms with Gasteiger partial charge >= 0.3 is 5.63 Å². The summed E-state index contributed by atoms with van der Waals surface area (Å²) in [6.45, 7) is 2.41. The van der Waals surface area contributed by atoms with Gasteiger partial charge in [-0.05, 0) is 37.3 Å². The highest BCUT2D eigenvalue weighted by Gasteiger charge is 2.13. The van der Waals surface area contributed by atoms with Crippen molar-refractivity contribution in [2.24, 2.45) is 0 Å². The number of nitrogens with zero attached hydrogens (tertiary/aromatic N) is 1. The van der Waals surface area contributed by atoms with Gasteiger partial charge in [-0.25, -0.2) is 9.78 Å². The summed E-state index contributed by atoms with van der Waals surface area (Å²) in [4.78, 5) is 16.5. The lowest BCUT2D eigenvalue weighted by atomic mass is 10.2. The predicted molar refractivity (Wildman–Crippen MR) is 81.9 cm³/mol. The van der Waals surface area contributed by atoms with Crippen LogP contribution in [0.5, 0.6) is 5.75 Å². The van der Waals surface area contributed by atoms with Crippen molar-refractivity contribution in [3.05, 3.63) is 57.9 Å². The summed E-state index contributed by atoms with van der Waals surface area (Å²) in [5, 5.41) is 0.833. The summed E-state index contributed by atoms with van der Waals surface area (Å²) in [7, 11) is 0. The maximum atomic E-state index is 12.1. The maximum Gasteiger partial charge on any atom is 0.347 e. The van der Waals surface area contributed by atoms with E-state index in [4.69, 9.17) is 20.8 Å². The van der Waals surface area contributed by atoms with Crippen molar-refractivity contribution < 1.29 is 9.15 Å². The van der Waals surface area contributed by atoms with E-state index in [-0.39, 0.29) is 5.89 Å². The molecule has 0 aliphatic heterocycles. The molecule has 0 bridgehead atoms. The zero-order valence-corrected chi connectivity index (χ0v) is 12.1. The zero-order valence-electron chi connectivity index (χ0n) is 11.3. The lowest BCUT2D eigenvalue weighted by molar-refractivity contribution is 0.340. The lowest BCUT2D eigenvalue weighted by Gasteiger charge is -2.08. The molecule has 0 unspecified atom stereocenters. The smallest absolute Gasteiger partial charge is 0.347 e. The van der Waals surface area contributed by atoms with Crippen molar-refractivity contribution in [3.63, 3.8) is 0 Å². The molecule has 0 saturated heterocycles. The molecule has 21 heavy (non-hydrogen) atoms. The molecule has 3 aromatic rings. The van der Waals surface area contributed by atoms with Crippen molar-refractivity contribution in [1.82, 2.24) is 4.98 Å². The van der Waals surface area contributed by atoms with Crippen LogP contribution in [0.1, 0.15) is 6.92 Å². The molecule has 106 valence electrons. The minimum atomic E-state index is -0.469. The molecular formula is C16H12ClNO3. The Morgan fingerprint density at radius 2 is 2.05 bits per heavy atom. The third-order valence-corrected chi connectivity index (χ3v) is 3.24. The Balaban J connectivity index is 2.22. The summed E-state index contributed by atoms with van der Waals surface area (Å²) in [6.07, 6.45) is 0. The Hall–Kier alpha value is -2.33. The van der Waals surface area contributed by atoms with Gasteiger partial charge in [-0.2, -0.15) is 0 Å². The van der Waals surface area contributed by atoms with Crippen LogP contribution in [0.2, 0.25) is 5.02 Å². The van der Waals surface area contributed by atoms with Crippen LogP contribution in [0.3, 0.4) is 0 Å². The summed E-state index contributed by atoms with van der Waals surface area (Å²) in [6, 6.07) is 12.2. The number of para-hydroxylation sites is 1. The molecule has 0 spiro atoms. The molecule has 0 fully saturated rings. The number of hydrogen-bond donors (Lipinski definition) is 0. The number of rotatable bonds is 3. The van der Waals surface area contributed by atoms with Crippen molar-refractivity contribution >= 4 is 22.5 Å². The lowest BCUT2D eigenvalue weighted by Crippen LogP contribution is -2.04. The second-order valence-corrected chi connectivity index (χ2v) is 4.83. The normalized spacial score (nSPS) is 10.8. The van der Waals surface area contributed by atoms with E-state index in [9.17, 15) is 4.79 Å². The van der Waals surface area contributed by atoms with Crippen molar-refractivity contribution in [3.8, 4) is 17.2 Å². The largest absolute Gasteiger partial charge is 0.493 e. The number of benzene rings is 2. The molecule has 1 aromatic heterocycles. The Morgan fingerprint density at radius 3 is 2.86 bits per heavy atom. The van der Waals surface area contributed by atoms with E-state index < -0.39 is 5.63 Å². The van der Waals surface area contributed by atoms with Crippen molar-refractivity contribution in [2.75, 3.05) is 6.61 Å². The average Bonchev–Trinajstić information content (AvgIpc) is 2.49. The van der Waals surface area contributed by atoms with Gasteiger partial charge in [0.1, 0.15) is 5.75 Å². The third kappa shape index (κ3) is 2.62. The first-order valence-corrected chi connectivity index (χ1v) is 6.89. The van der Waals surface area contributed by atoms with Crippen LogP contribution in [0, 0.1) is 0 Å². The van der Waals surface area contributed by atoms with Crippen LogP contribution in [-0.2, 0) is 0 Å². The number of ether oxygens (including phenoxy) is 1. The highest BCUT2D eigenvalue weighted by atomic mass is 35.5. The molecule has 0 N–H and O–H groups in total. The Bertz CT molecular complexity index is 858. The van der Waals surface area contributed by atoms with Gasteiger partial charge in [0.05, 0.1) is 23.1 Å². The summed E-state index contributed by atoms with van der Waals surface area (Å²) in [5.74, 6) is 0.864. The van der Waals surface area contributed by atoms with Crippen LogP contribution in [-0.4, -0.2) is 11.6 Å². The number of aromatic nitrogens is 1. The van der Waals surface area contributed by atoms with Gasteiger partial charge in [0.15, 0.2) is 0 Å². The number of halogens is 1. The van der Waals surface area contributed by atoms with E-state index >= 15 is 0 Å². The van der Waals surface area contributed by atoms with E-state index in [1.165, 1.54) is 0 Å². The van der Waals surface area contributed by atoms with E-state index in [2.05, 4.69) is 4.98 Å².